The predicted molar refractivity (Wildman–Crippen MR) is 79.0 cm³/mol. The maximum absolute atomic E-state index is 12.3. The van der Waals surface area contributed by atoms with Crippen LogP contribution < -0.4 is 5.73 Å². The molecule has 0 saturated heterocycles. The number of aliphatic imine (C=N–C) groups is 1. The number of rotatable bonds is 6. The summed E-state index contributed by atoms with van der Waals surface area (Å²) < 4.78 is 24.1. The largest absolute Gasteiger partial charge is 0.379 e. The highest BCUT2D eigenvalue weighted by molar-refractivity contribution is 8.23. The second-order valence-corrected chi connectivity index (χ2v) is 7.21. The quantitative estimate of drug-likeness (QED) is 0.757. The highest BCUT2D eigenvalue weighted by Gasteiger charge is 2.33. The average Bonchev–Trinajstić information content (AvgIpc) is 2.75. The van der Waals surface area contributed by atoms with Gasteiger partial charge in [-0.3, -0.25) is 4.99 Å². The molecule has 1 unspecified atom stereocenters. The molecule has 0 fully saturated rings. The minimum absolute atomic E-state index is 0.207. The van der Waals surface area contributed by atoms with Crippen LogP contribution in [-0.2, 0) is 9.84 Å². The SMILES string of the molecule is C=C/C=C\C/C(=C\C=C)S(=O)(=O)C1CN=C(N)S1. The first-order valence-electron chi connectivity index (χ1n) is 5.32. The number of nitrogens with two attached hydrogens (primary N) is 1. The lowest BCUT2D eigenvalue weighted by atomic mass is 10.3. The molecular weight excluding hydrogens is 268 g/mol. The lowest BCUT2D eigenvalue weighted by molar-refractivity contribution is 0.599. The highest BCUT2D eigenvalue weighted by atomic mass is 32.3. The van der Waals surface area contributed by atoms with Crippen molar-refractivity contribution in [2.24, 2.45) is 10.7 Å². The summed E-state index contributed by atoms with van der Waals surface area (Å²) in [6.45, 7) is 7.28. The molecule has 0 aromatic heterocycles. The molecule has 0 aliphatic carbocycles. The molecule has 18 heavy (non-hydrogen) atoms. The average molecular weight is 284 g/mol. The van der Waals surface area contributed by atoms with E-state index in [1.54, 1.807) is 18.2 Å². The van der Waals surface area contributed by atoms with Crippen LogP contribution in [0, 0.1) is 0 Å². The molecule has 0 bridgehead atoms. The van der Waals surface area contributed by atoms with Crippen molar-refractivity contribution in [3.63, 3.8) is 0 Å². The van der Waals surface area contributed by atoms with Gasteiger partial charge in [0.05, 0.1) is 6.54 Å². The van der Waals surface area contributed by atoms with Gasteiger partial charge in [0.1, 0.15) is 4.58 Å². The normalized spacial score (nSPS) is 21.0. The van der Waals surface area contributed by atoms with Crippen LogP contribution in [0.5, 0.6) is 0 Å². The number of nitrogens with zero attached hydrogens (tertiary/aromatic N) is 1. The van der Waals surface area contributed by atoms with Crippen molar-refractivity contribution < 1.29 is 8.42 Å². The molecule has 1 aliphatic heterocycles. The van der Waals surface area contributed by atoms with Crippen LogP contribution in [0.2, 0.25) is 0 Å². The van der Waals surface area contributed by atoms with E-state index in [9.17, 15) is 8.42 Å². The number of amidine groups is 1. The fraction of sp³-hybridized carbons (Fsp3) is 0.250. The van der Waals surface area contributed by atoms with Gasteiger partial charge in [-0.2, -0.15) is 0 Å². The minimum atomic E-state index is -3.40. The van der Waals surface area contributed by atoms with E-state index >= 15 is 0 Å². The predicted octanol–water partition coefficient (Wildman–Crippen LogP) is 1.99. The maximum Gasteiger partial charge on any atom is 0.189 e. The van der Waals surface area contributed by atoms with Crippen molar-refractivity contribution in [1.82, 2.24) is 0 Å². The monoisotopic (exact) mass is 284 g/mol. The van der Waals surface area contributed by atoms with Crippen LogP contribution >= 0.6 is 11.8 Å². The van der Waals surface area contributed by atoms with E-state index in [0.29, 0.717) is 16.5 Å². The van der Waals surface area contributed by atoms with Gasteiger partial charge in [0, 0.05) is 11.3 Å². The van der Waals surface area contributed by atoms with Gasteiger partial charge in [0.15, 0.2) is 15.0 Å². The van der Waals surface area contributed by atoms with E-state index in [1.165, 1.54) is 12.2 Å². The van der Waals surface area contributed by atoms with E-state index in [4.69, 9.17) is 5.73 Å². The van der Waals surface area contributed by atoms with E-state index < -0.39 is 14.4 Å². The van der Waals surface area contributed by atoms with Crippen molar-refractivity contribution in [1.29, 1.82) is 0 Å². The number of hydrogen-bond acceptors (Lipinski definition) is 5. The zero-order valence-electron chi connectivity index (χ0n) is 9.95. The third kappa shape index (κ3) is 3.61. The molecule has 0 aromatic rings. The molecule has 1 rings (SSSR count). The first kappa shape index (κ1) is 14.8. The van der Waals surface area contributed by atoms with Crippen LogP contribution in [0.4, 0.5) is 0 Å². The van der Waals surface area contributed by atoms with Crippen molar-refractivity contribution in [3.05, 3.63) is 48.4 Å². The molecule has 6 heteroatoms. The molecule has 0 amide bonds. The standard InChI is InChI=1S/C12H16N2O2S2/c1-3-5-6-8-10(7-4-2)18(15,16)11-9-14-12(13)17-11/h3-7,11H,1-2,8-9H2,(H2,13,14)/b6-5-,10-7+. The molecule has 0 saturated carbocycles. The first-order chi connectivity index (χ1) is 8.52. The van der Waals surface area contributed by atoms with Gasteiger partial charge in [0.2, 0.25) is 0 Å². The van der Waals surface area contributed by atoms with Gasteiger partial charge in [-0.1, -0.05) is 49.2 Å². The third-order valence-electron chi connectivity index (χ3n) is 2.25. The Morgan fingerprint density at radius 3 is 2.72 bits per heavy atom. The van der Waals surface area contributed by atoms with Crippen molar-refractivity contribution >= 4 is 26.8 Å². The first-order valence-corrected chi connectivity index (χ1v) is 7.74. The fourth-order valence-electron chi connectivity index (χ4n) is 1.39. The van der Waals surface area contributed by atoms with Gasteiger partial charge in [-0.05, 0) is 6.08 Å². The van der Waals surface area contributed by atoms with Crippen molar-refractivity contribution in [3.8, 4) is 0 Å². The molecule has 1 heterocycles. The summed E-state index contributed by atoms with van der Waals surface area (Å²) in [6, 6.07) is 0. The Morgan fingerprint density at radius 2 is 2.22 bits per heavy atom. The van der Waals surface area contributed by atoms with Crippen LogP contribution in [0.15, 0.2) is 53.4 Å². The van der Waals surface area contributed by atoms with Gasteiger partial charge in [-0.15, -0.1) is 0 Å². The summed E-state index contributed by atoms with van der Waals surface area (Å²) >= 11 is 1.09. The Morgan fingerprint density at radius 1 is 1.50 bits per heavy atom. The molecule has 1 aliphatic rings. The second-order valence-electron chi connectivity index (χ2n) is 3.51. The Balaban J connectivity index is 2.91. The Bertz CT molecular complexity index is 516. The second kappa shape index (κ2) is 6.61. The number of allylic oxidation sites excluding steroid dienone is 6. The fourth-order valence-corrected chi connectivity index (χ4v) is 4.36. The number of thioether (sulfide) groups is 1. The molecule has 2 N–H and O–H groups in total. The van der Waals surface area contributed by atoms with Gasteiger partial charge < -0.3 is 5.73 Å². The van der Waals surface area contributed by atoms with Crippen LogP contribution in [0.3, 0.4) is 0 Å². The van der Waals surface area contributed by atoms with E-state index in [-0.39, 0.29) is 6.54 Å². The van der Waals surface area contributed by atoms with Crippen LogP contribution in [0.25, 0.3) is 0 Å². The number of sulfone groups is 1. The summed E-state index contributed by atoms with van der Waals surface area (Å²) in [6.07, 6.45) is 8.35. The Kier molecular flexibility index (Phi) is 5.43. The lowest BCUT2D eigenvalue weighted by Crippen LogP contribution is -2.21. The smallest absolute Gasteiger partial charge is 0.189 e. The summed E-state index contributed by atoms with van der Waals surface area (Å²) in [5.74, 6) is 0. The molecule has 0 radical (unpaired) electrons. The van der Waals surface area contributed by atoms with E-state index in [0.717, 1.165) is 11.8 Å². The van der Waals surface area contributed by atoms with Gasteiger partial charge in [-0.25, -0.2) is 8.42 Å². The van der Waals surface area contributed by atoms with E-state index in [2.05, 4.69) is 18.2 Å². The van der Waals surface area contributed by atoms with Gasteiger partial charge >= 0.3 is 0 Å². The molecular formula is C12H16N2O2S2. The number of hydrogen-bond donors (Lipinski definition) is 1. The zero-order chi connectivity index (χ0) is 13.6. The molecule has 1 atom stereocenters. The molecule has 0 spiro atoms. The third-order valence-corrected chi connectivity index (χ3v) is 5.96. The highest BCUT2D eigenvalue weighted by Crippen LogP contribution is 2.29. The van der Waals surface area contributed by atoms with Crippen LogP contribution in [0.1, 0.15) is 6.42 Å². The Labute approximate surface area is 112 Å². The summed E-state index contributed by atoms with van der Waals surface area (Å²) in [4.78, 5) is 4.23. The van der Waals surface area contributed by atoms with Crippen LogP contribution in [-0.4, -0.2) is 24.7 Å². The topological polar surface area (TPSA) is 72.5 Å². The van der Waals surface area contributed by atoms with E-state index in [1.807, 2.05) is 0 Å². The summed E-state index contributed by atoms with van der Waals surface area (Å²) in [5, 5.41) is 0.322. The van der Waals surface area contributed by atoms with Gasteiger partial charge in [0.25, 0.3) is 0 Å². The Hall–Kier alpha value is -1.27. The minimum Gasteiger partial charge on any atom is -0.379 e. The summed E-state index contributed by atoms with van der Waals surface area (Å²) in [7, 11) is -3.40. The lowest BCUT2D eigenvalue weighted by Gasteiger charge is -2.11. The van der Waals surface area contributed by atoms with Crippen molar-refractivity contribution in [2.75, 3.05) is 6.54 Å². The maximum atomic E-state index is 12.3. The molecule has 98 valence electrons. The molecule has 0 aromatic carbocycles. The summed E-state index contributed by atoms with van der Waals surface area (Å²) in [5.41, 5.74) is 5.50. The zero-order valence-corrected chi connectivity index (χ0v) is 11.6. The molecule has 4 nitrogen and oxygen atoms in total. The van der Waals surface area contributed by atoms with Crippen molar-refractivity contribution in [2.45, 2.75) is 11.0 Å².